The quantitative estimate of drug-likeness (QED) is 0.360. The Balaban J connectivity index is -0.00000112. The third kappa shape index (κ3) is 4.98. The average Bonchev–Trinajstić information content (AvgIpc) is 2.23. The Bertz CT molecular complexity index is 244. The molecule has 0 aliphatic heterocycles. The maximum absolute atomic E-state index is 11.1. The van der Waals surface area contributed by atoms with Crippen LogP contribution >= 0.6 is 0 Å². The summed E-state index contributed by atoms with van der Waals surface area (Å²) in [6.07, 6.45) is 4.21. The van der Waals surface area contributed by atoms with Crippen LogP contribution in [0.2, 0.25) is 0 Å². The van der Waals surface area contributed by atoms with E-state index in [0.29, 0.717) is 12.8 Å². The van der Waals surface area contributed by atoms with Gasteiger partial charge < -0.3 is 11.6 Å². The molecule has 0 radical (unpaired) electrons. The van der Waals surface area contributed by atoms with Gasteiger partial charge in [-0.1, -0.05) is 39.5 Å². The van der Waals surface area contributed by atoms with Crippen molar-refractivity contribution in [2.75, 3.05) is 0 Å². The van der Waals surface area contributed by atoms with Gasteiger partial charge in [-0.25, -0.2) is 0 Å². The number of unbranched alkanes of at least 4 members (excludes halogenated alkanes) is 2. The van der Waals surface area contributed by atoms with Crippen molar-refractivity contribution in [1.82, 2.24) is 0 Å². The summed E-state index contributed by atoms with van der Waals surface area (Å²) in [4.78, 5) is 22.2. The molecule has 0 heterocycles. The zero-order chi connectivity index (χ0) is 12.8. The van der Waals surface area contributed by atoms with Gasteiger partial charge in [-0.05, 0) is 19.3 Å². The third-order valence-corrected chi connectivity index (χ3v) is 3.35. The fourth-order valence-corrected chi connectivity index (χ4v) is 1.98. The summed E-state index contributed by atoms with van der Waals surface area (Å²) in [5, 5.41) is 18.2. The maximum Gasteiger partial charge on any atom is 1.00 e. The average molecular weight is 254 g/mol. The molecule has 0 aromatic rings. The van der Waals surface area contributed by atoms with E-state index in [2.05, 4.69) is 6.92 Å². The van der Waals surface area contributed by atoms with E-state index in [9.17, 15) is 9.59 Å². The van der Waals surface area contributed by atoms with Gasteiger partial charge in [-0.2, -0.15) is 0 Å². The van der Waals surface area contributed by atoms with Gasteiger partial charge in [-0.3, -0.25) is 9.59 Å². The number of carboxylic acids is 2. The van der Waals surface area contributed by atoms with Crippen molar-refractivity contribution >= 4 is 11.9 Å². The predicted molar refractivity (Wildman–Crippen MR) is 62.4 cm³/mol. The Labute approximate surface area is 127 Å². The molecule has 1 atom stereocenters. The minimum atomic E-state index is -1.65. The summed E-state index contributed by atoms with van der Waals surface area (Å²) in [7, 11) is 0. The van der Waals surface area contributed by atoms with Crippen LogP contribution < -0.4 is 29.6 Å². The number of aliphatic carboxylic acids is 2. The summed E-state index contributed by atoms with van der Waals surface area (Å²) in [6, 6.07) is 0. The number of carboxylic acid groups (broad SMARTS) is 2. The van der Waals surface area contributed by atoms with Crippen LogP contribution in [-0.4, -0.2) is 22.2 Å². The molecule has 5 heteroatoms. The van der Waals surface area contributed by atoms with Crippen molar-refractivity contribution in [3.63, 3.8) is 0 Å². The van der Waals surface area contributed by atoms with E-state index in [0.717, 1.165) is 19.3 Å². The topological polar surface area (TPSA) is 74.6 Å². The fraction of sp³-hybridized carbons (Fsp3) is 0.833. The molecule has 0 amide bonds. The number of hydrogen-bond acceptors (Lipinski definition) is 2. The Hall–Kier alpha value is -0.0600. The molecular weight excluding hydrogens is 231 g/mol. The zero-order valence-electron chi connectivity index (χ0n) is 12.3. The van der Waals surface area contributed by atoms with Gasteiger partial charge in [0.25, 0.3) is 0 Å². The van der Waals surface area contributed by atoms with Crippen molar-refractivity contribution < 1.29 is 50.8 Å². The van der Waals surface area contributed by atoms with Crippen LogP contribution in [0.4, 0.5) is 0 Å². The summed E-state index contributed by atoms with van der Waals surface area (Å²) in [5.74, 6) is -2.76. The summed E-state index contributed by atoms with van der Waals surface area (Å²) >= 11 is 0. The SMILES string of the molecule is CCCCCC(CC)C(C)(C(=O)O)C(=O)O.[H-].[Na+]. The minimum Gasteiger partial charge on any atom is -1.00 e. The molecule has 0 rings (SSSR count). The van der Waals surface area contributed by atoms with Gasteiger partial charge in [0.2, 0.25) is 0 Å². The first kappa shape index (κ1) is 19.3. The van der Waals surface area contributed by atoms with E-state index in [4.69, 9.17) is 10.2 Å². The Kier molecular flexibility index (Phi) is 10.2. The van der Waals surface area contributed by atoms with Gasteiger partial charge in [-0.15, -0.1) is 0 Å². The molecule has 0 saturated heterocycles. The second kappa shape index (κ2) is 8.95. The molecule has 4 nitrogen and oxygen atoms in total. The molecule has 0 aliphatic rings. The predicted octanol–water partition coefficient (Wildman–Crippen LogP) is -0.115. The molecule has 96 valence electrons. The maximum atomic E-state index is 11.1. The molecule has 0 aromatic carbocycles. The standard InChI is InChI=1S/C12H22O4.Na.H/c1-4-6-7-8-9(5-2)12(3,10(13)14)11(15)16;;/h9H,4-8H2,1-3H3,(H,13,14)(H,15,16);;/q;+1;-1. The normalized spacial score (nSPS) is 12.6. The molecule has 0 spiro atoms. The van der Waals surface area contributed by atoms with Gasteiger partial charge in [0, 0.05) is 0 Å². The second-order valence-electron chi connectivity index (χ2n) is 4.41. The molecule has 0 aromatic heterocycles. The second-order valence-corrected chi connectivity index (χ2v) is 4.41. The van der Waals surface area contributed by atoms with Crippen LogP contribution in [0.1, 0.15) is 54.3 Å². The van der Waals surface area contributed by atoms with Crippen molar-refractivity contribution in [3.05, 3.63) is 0 Å². The first-order chi connectivity index (χ1) is 7.41. The number of rotatable bonds is 8. The number of hydrogen-bond donors (Lipinski definition) is 2. The largest absolute Gasteiger partial charge is 1.00 e. The van der Waals surface area contributed by atoms with Crippen LogP contribution in [0.3, 0.4) is 0 Å². The monoisotopic (exact) mass is 254 g/mol. The first-order valence-corrected chi connectivity index (χ1v) is 5.87. The van der Waals surface area contributed by atoms with E-state index in [1.54, 1.807) is 0 Å². The van der Waals surface area contributed by atoms with Crippen LogP contribution in [-0.2, 0) is 9.59 Å². The van der Waals surface area contributed by atoms with Crippen LogP contribution in [0, 0.1) is 11.3 Å². The Morgan fingerprint density at radius 1 is 1.18 bits per heavy atom. The van der Waals surface area contributed by atoms with Crippen molar-refractivity contribution in [1.29, 1.82) is 0 Å². The van der Waals surface area contributed by atoms with Crippen molar-refractivity contribution in [2.24, 2.45) is 11.3 Å². The summed E-state index contributed by atoms with van der Waals surface area (Å²) in [6.45, 7) is 5.23. The van der Waals surface area contributed by atoms with Gasteiger partial charge >= 0.3 is 41.5 Å². The molecule has 0 aliphatic carbocycles. The van der Waals surface area contributed by atoms with Gasteiger partial charge in [0.1, 0.15) is 0 Å². The first-order valence-electron chi connectivity index (χ1n) is 5.87. The van der Waals surface area contributed by atoms with Crippen molar-refractivity contribution in [3.8, 4) is 0 Å². The Morgan fingerprint density at radius 2 is 1.65 bits per heavy atom. The molecule has 1 unspecified atom stereocenters. The molecule has 17 heavy (non-hydrogen) atoms. The fourth-order valence-electron chi connectivity index (χ4n) is 1.98. The van der Waals surface area contributed by atoms with Gasteiger partial charge in [0.15, 0.2) is 5.41 Å². The molecule has 2 N–H and O–H groups in total. The van der Waals surface area contributed by atoms with E-state index in [1.807, 2.05) is 6.92 Å². The Morgan fingerprint density at radius 3 is 1.94 bits per heavy atom. The van der Waals surface area contributed by atoms with E-state index in [1.165, 1.54) is 6.92 Å². The van der Waals surface area contributed by atoms with Gasteiger partial charge in [0.05, 0.1) is 0 Å². The minimum absolute atomic E-state index is 0. The molecule has 0 bridgehead atoms. The molecule has 0 saturated carbocycles. The third-order valence-electron chi connectivity index (χ3n) is 3.35. The van der Waals surface area contributed by atoms with E-state index >= 15 is 0 Å². The van der Waals surface area contributed by atoms with Crippen LogP contribution in [0.5, 0.6) is 0 Å². The zero-order valence-corrected chi connectivity index (χ0v) is 13.3. The number of carbonyl (C=O) groups is 2. The van der Waals surface area contributed by atoms with Crippen LogP contribution in [0.15, 0.2) is 0 Å². The smallest absolute Gasteiger partial charge is 1.00 e. The van der Waals surface area contributed by atoms with Crippen molar-refractivity contribution in [2.45, 2.75) is 52.9 Å². The molecule has 0 fully saturated rings. The summed E-state index contributed by atoms with van der Waals surface area (Å²) in [5.41, 5.74) is -1.65. The van der Waals surface area contributed by atoms with E-state index < -0.39 is 17.4 Å². The summed E-state index contributed by atoms with van der Waals surface area (Å²) < 4.78 is 0. The molecular formula is C12H23NaO4. The van der Waals surface area contributed by atoms with Crippen LogP contribution in [0.25, 0.3) is 0 Å². The van der Waals surface area contributed by atoms with E-state index in [-0.39, 0.29) is 36.9 Å².